The van der Waals surface area contributed by atoms with Crippen molar-refractivity contribution in [2.75, 3.05) is 13.2 Å². The minimum absolute atomic E-state index is 0.0665. The van der Waals surface area contributed by atoms with Crippen molar-refractivity contribution in [3.63, 3.8) is 0 Å². The van der Waals surface area contributed by atoms with Crippen LogP contribution in [0.1, 0.15) is 43.7 Å². The van der Waals surface area contributed by atoms with Crippen LogP contribution in [0.2, 0.25) is 0 Å². The fourth-order valence-electron chi connectivity index (χ4n) is 4.35. The Labute approximate surface area is 181 Å². The third kappa shape index (κ3) is 3.76. The lowest BCUT2D eigenvalue weighted by atomic mass is 9.98. The molecule has 1 fully saturated rings. The molecular formula is C24H26N2O5. The van der Waals surface area contributed by atoms with Crippen molar-refractivity contribution < 1.29 is 24.2 Å². The molecule has 0 saturated heterocycles. The number of rotatable bonds is 7. The molecule has 0 heterocycles. The highest BCUT2D eigenvalue weighted by molar-refractivity contribution is 5.95. The molecule has 7 heteroatoms. The number of hydrogen-bond acceptors (Lipinski definition) is 4. The average Bonchev–Trinajstić information content (AvgIpc) is 3.48. The topological polar surface area (TPSA) is 95.9 Å². The molecule has 2 amide bonds. The maximum atomic E-state index is 12.9. The van der Waals surface area contributed by atoms with Gasteiger partial charge >= 0.3 is 12.1 Å². The number of likely N-dealkylation sites (N-methyl/N-ethyl adjacent to an activating group) is 1. The second-order valence-electron chi connectivity index (χ2n) is 8.14. The van der Waals surface area contributed by atoms with Crippen LogP contribution in [0.4, 0.5) is 4.79 Å². The van der Waals surface area contributed by atoms with Gasteiger partial charge in [0.05, 0.1) is 0 Å². The van der Waals surface area contributed by atoms with Gasteiger partial charge in [-0.25, -0.2) is 9.59 Å². The Hall–Kier alpha value is -3.35. The van der Waals surface area contributed by atoms with Crippen LogP contribution in [0.25, 0.3) is 11.1 Å². The van der Waals surface area contributed by atoms with Crippen LogP contribution in [0.15, 0.2) is 48.5 Å². The standard InChI is InChI=1S/C24H26N2O5/c1-3-26(15(2)21(27)28)22(29)24(12-13-24)25-23(30)31-14-20-18-10-6-4-8-16(18)17-9-5-7-11-19(17)20/h4-11,15,20H,3,12-14H2,1-2H3,(H,25,30)(H,27,28). The normalized spacial score (nSPS) is 16.6. The first-order chi connectivity index (χ1) is 14.9. The minimum atomic E-state index is -1.08. The number of hydrogen-bond donors (Lipinski definition) is 2. The van der Waals surface area contributed by atoms with Gasteiger partial charge in [0.25, 0.3) is 0 Å². The van der Waals surface area contributed by atoms with Gasteiger partial charge < -0.3 is 20.1 Å². The highest BCUT2D eigenvalue weighted by Gasteiger charge is 2.54. The van der Waals surface area contributed by atoms with Gasteiger partial charge in [-0.3, -0.25) is 4.79 Å². The lowest BCUT2D eigenvalue weighted by Gasteiger charge is -2.29. The SMILES string of the molecule is CCN(C(=O)C1(NC(=O)OCC2c3ccccc3-c3ccccc32)CC1)C(C)C(=O)O. The number of aliphatic carboxylic acids is 1. The number of carbonyl (C=O) groups excluding carboxylic acids is 2. The number of amides is 2. The average molecular weight is 422 g/mol. The summed E-state index contributed by atoms with van der Waals surface area (Å²) in [5.41, 5.74) is 3.44. The van der Waals surface area contributed by atoms with E-state index >= 15 is 0 Å². The molecule has 0 aromatic heterocycles. The Bertz CT molecular complexity index is 985. The number of carboxylic acid groups (broad SMARTS) is 1. The van der Waals surface area contributed by atoms with Crippen molar-refractivity contribution in [2.45, 2.75) is 44.2 Å². The van der Waals surface area contributed by atoms with Crippen molar-refractivity contribution in [1.82, 2.24) is 10.2 Å². The Morgan fingerprint density at radius 3 is 2.13 bits per heavy atom. The van der Waals surface area contributed by atoms with E-state index in [1.165, 1.54) is 11.8 Å². The fraction of sp³-hybridized carbons (Fsp3) is 0.375. The molecule has 2 aromatic rings. The second-order valence-corrected chi connectivity index (χ2v) is 8.14. The van der Waals surface area contributed by atoms with Gasteiger partial charge in [0.1, 0.15) is 18.2 Å². The van der Waals surface area contributed by atoms with Crippen LogP contribution in [-0.4, -0.2) is 52.7 Å². The predicted octanol–water partition coefficient (Wildman–Crippen LogP) is 3.38. The van der Waals surface area contributed by atoms with Gasteiger partial charge in [0, 0.05) is 12.5 Å². The molecule has 2 aromatic carbocycles. The molecule has 2 aliphatic rings. The number of nitrogens with one attached hydrogen (secondary N) is 1. The van der Waals surface area contributed by atoms with E-state index < -0.39 is 23.6 Å². The first-order valence-electron chi connectivity index (χ1n) is 10.5. The molecule has 1 saturated carbocycles. The molecule has 1 atom stereocenters. The third-order valence-electron chi connectivity index (χ3n) is 6.27. The number of fused-ring (bicyclic) bond motifs is 3. The maximum Gasteiger partial charge on any atom is 0.408 e. The van der Waals surface area contributed by atoms with E-state index in [0.29, 0.717) is 12.8 Å². The molecule has 0 aliphatic heterocycles. The molecule has 1 unspecified atom stereocenters. The Morgan fingerprint density at radius 2 is 1.65 bits per heavy atom. The molecule has 2 N–H and O–H groups in total. The predicted molar refractivity (Wildman–Crippen MR) is 115 cm³/mol. The molecule has 162 valence electrons. The molecule has 0 spiro atoms. The summed E-state index contributed by atoms with van der Waals surface area (Å²) in [7, 11) is 0. The summed E-state index contributed by atoms with van der Waals surface area (Å²) in [5.74, 6) is -1.52. The molecule has 4 rings (SSSR count). The number of nitrogens with zero attached hydrogens (tertiary/aromatic N) is 1. The van der Waals surface area contributed by atoms with E-state index in [9.17, 15) is 19.5 Å². The minimum Gasteiger partial charge on any atom is -0.480 e. The first-order valence-corrected chi connectivity index (χ1v) is 10.5. The van der Waals surface area contributed by atoms with Crippen LogP contribution in [0, 0.1) is 0 Å². The van der Waals surface area contributed by atoms with E-state index in [0.717, 1.165) is 22.3 Å². The van der Waals surface area contributed by atoms with Crippen LogP contribution >= 0.6 is 0 Å². The molecule has 0 bridgehead atoms. The van der Waals surface area contributed by atoms with Gasteiger partial charge in [0.15, 0.2) is 0 Å². The Balaban J connectivity index is 1.43. The van der Waals surface area contributed by atoms with Crippen LogP contribution in [-0.2, 0) is 14.3 Å². The van der Waals surface area contributed by atoms with Gasteiger partial charge in [-0.1, -0.05) is 48.5 Å². The van der Waals surface area contributed by atoms with Gasteiger partial charge in [-0.15, -0.1) is 0 Å². The lowest BCUT2D eigenvalue weighted by molar-refractivity contribution is -0.150. The number of benzene rings is 2. The van der Waals surface area contributed by atoms with Crippen molar-refractivity contribution >= 4 is 18.0 Å². The first kappa shape index (κ1) is 20.9. The Kier molecular flexibility index (Phi) is 5.43. The summed E-state index contributed by atoms with van der Waals surface area (Å²) in [6.07, 6.45) is 0.282. The molecule has 2 aliphatic carbocycles. The summed E-state index contributed by atoms with van der Waals surface area (Å²) in [5, 5.41) is 12.0. The third-order valence-corrected chi connectivity index (χ3v) is 6.27. The summed E-state index contributed by atoms with van der Waals surface area (Å²) in [4.78, 5) is 38.1. The highest BCUT2D eigenvalue weighted by Crippen LogP contribution is 2.44. The summed E-state index contributed by atoms with van der Waals surface area (Å²) < 4.78 is 5.55. The number of alkyl carbamates (subject to hydrolysis) is 1. The summed E-state index contributed by atoms with van der Waals surface area (Å²) in [6.45, 7) is 3.60. The van der Waals surface area contributed by atoms with Crippen molar-refractivity contribution in [3.8, 4) is 11.1 Å². The number of carbonyl (C=O) groups is 3. The van der Waals surface area contributed by atoms with Crippen molar-refractivity contribution in [2.24, 2.45) is 0 Å². The largest absolute Gasteiger partial charge is 0.480 e. The van der Waals surface area contributed by atoms with E-state index in [4.69, 9.17) is 4.74 Å². The van der Waals surface area contributed by atoms with Gasteiger partial charge in [-0.05, 0) is 48.9 Å². The quantitative estimate of drug-likeness (QED) is 0.713. The summed E-state index contributed by atoms with van der Waals surface area (Å²) in [6, 6.07) is 15.2. The smallest absolute Gasteiger partial charge is 0.408 e. The van der Waals surface area contributed by atoms with Crippen molar-refractivity contribution in [1.29, 1.82) is 0 Å². The number of ether oxygens (including phenoxy) is 1. The summed E-state index contributed by atoms with van der Waals surface area (Å²) >= 11 is 0. The fourth-order valence-corrected chi connectivity index (χ4v) is 4.35. The van der Waals surface area contributed by atoms with Gasteiger partial charge in [-0.2, -0.15) is 0 Å². The number of carboxylic acids is 1. The van der Waals surface area contributed by atoms with E-state index in [1.54, 1.807) is 6.92 Å². The molecule has 0 radical (unpaired) electrons. The van der Waals surface area contributed by atoms with E-state index in [2.05, 4.69) is 17.4 Å². The van der Waals surface area contributed by atoms with Crippen LogP contribution in [0.5, 0.6) is 0 Å². The lowest BCUT2D eigenvalue weighted by Crippen LogP contribution is -2.54. The maximum absolute atomic E-state index is 12.9. The molecular weight excluding hydrogens is 396 g/mol. The monoisotopic (exact) mass is 422 g/mol. The molecule has 31 heavy (non-hydrogen) atoms. The van der Waals surface area contributed by atoms with Crippen molar-refractivity contribution in [3.05, 3.63) is 59.7 Å². The second kappa shape index (κ2) is 8.06. The Morgan fingerprint density at radius 1 is 1.10 bits per heavy atom. The molecule has 7 nitrogen and oxygen atoms in total. The van der Waals surface area contributed by atoms with E-state index in [-0.39, 0.29) is 25.0 Å². The van der Waals surface area contributed by atoms with Gasteiger partial charge in [0.2, 0.25) is 5.91 Å². The highest BCUT2D eigenvalue weighted by atomic mass is 16.5. The van der Waals surface area contributed by atoms with Crippen LogP contribution < -0.4 is 5.32 Å². The zero-order valence-electron chi connectivity index (χ0n) is 17.6. The zero-order valence-corrected chi connectivity index (χ0v) is 17.6. The zero-order chi connectivity index (χ0) is 22.2. The van der Waals surface area contributed by atoms with E-state index in [1.807, 2.05) is 36.4 Å². The van der Waals surface area contributed by atoms with Crippen LogP contribution in [0.3, 0.4) is 0 Å².